The molecular weight excluding hydrogens is 288 g/mol. The van der Waals surface area contributed by atoms with Gasteiger partial charge in [0, 0.05) is 18.9 Å². The topological polar surface area (TPSA) is 94.0 Å². The SMILES string of the molecule is NCCCC[C@H](NCc1ccc(-c2cccnc2)cc1)C(N)=O. The van der Waals surface area contributed by atoms with E-state index in [-0.39, 0.29) is 11.9 Å². The van der Waals surface area contributed by atoms with Gasteiger partial charge in [0.05, 0.1) is 6.04 Å². The average Bonchev–Trinajstić information content (AvgIpc) is 2.59. The number of carbonyl (C=O) groups excluding carboxylic acids is 1. The van der Waals surface area contributed by atoms with E-state index in [9.17, 15) is 4.79 Å². The van der Waals surface area contributed by atoms with Crippen LogP contribution in [-0.4, -0.2) is 23.5 Å². The van der Waals surface area contributed by atoms with E-state index in [1.54, 1.807) is 6.20 Å². The fraction of sp³-hybridized carbons (Fsp3) is 0.333. The van der Waals surface area contributed by atoms with Gasteiger partial charge in [-0.15, -0.1) is 0 Å². The predicted octanol–water partition coefficient (Wildman–Crippen LogP) is 1.82. The molecule has 1 atom stereocenters. The molecule has 0 aliphatic rings. The lowest BCUT2D eigenvalue weighted by atomic mass is 10.0. The molecule has 1 aromatic carbocycles. The third-order valence-electron chi connectivity index (χ3n) is 3.79. The molecule has 23 heavy (non-hydrogen) atoms. The summed E-state index contributed by atoms with van der Waals surface area (Å²) in [4.78, 5) is 15.6. The van der Waals surface area contributed by atoms with Crippen molar-refractivity contribution in [1.29, 1.82) is 0 Å². The van der Waals surface area contributed by atoms with E-state index in [2.05, 4.69) is 22.4 Å². The molecule has 0 unspecified atom stereocenters. The van der Waals surface area contributed by atoms with Crippen LogP contribution in [0.15, 0.2) is 48.8 Å². The van der Waals surface area contributed by atoms with Gasteiger partial charge in [-0.1, -0.05) is 36.8 Å². The molecule has 0 radical (unpaired) electrons. The lowest BCUT2D eigenvalue weighted by molar-refractivity contribution is -0.120. The summed E-state index contributed by atoms with van der Waals surface area (Å²) in [6.07, 6.45) is 6.13. The second kappa shape index (κ2) is 9.02. The van der Waals surface area contributed by atoms with E-state index in [1.165, 1.54) is 0 Å². The van der Waals surface area contributed by atoms with Crippen LogP contribution in [0.1, 0.15) is 24.8 Å². The molecule has 0 aliphatic heterocycles. The molecule has 122 valence electrons. The number of amides is 1. The molecule has 5 heteroatoms. The highest BCUT2D eigenvalue weighted by Crippen LogP contribution is 2.18. The number of unbranched alkanes of at least 4 members (excludes halogenated alkanes) is 1. The van der Waals surface area contributed by atoms with Gasteiger partial charge in [0.1, 0.15) is 0 Å². The quantitative estimate of drug-likeness (QED) is 0.616. The number of hydrogen-bond donors (Lipinski definition) is 3. The van der Waals surface area contributed by atoms with Crippen LogP contribution in [-0.2, 0) is 11.3 Å². The van der Waals surface area contributed by atoms with Crippen LogP contribution in [0.5, 0.6) is 0 Å². The van der Waals surface area contributed by atoms with Crippen LogP contribution >= 0.6 is 0 Å². The second-order valence-corrected chi connectivity index (χ2v) is 5.56. The van der Waals surface area contributed by atoms with Crippen molar-refractivity contribution in [1.82, 2.24) is 10.3 Å². The highest BCUT2D eigenvalue weighted by atomic mass is 16.1. The Bertz CT molecular complexity index is 598. The Morgan fingerprint density at radius 3 is 2.52 bits per heavy atom. The third-order valence-corrected chi connectivity index (χ3v) is 3.79. The number of benzene rings is 1. The number of nitrogens with one attached hydrogen (secondary N) is 1. The van der Waals surface area contributed by atoms with Gasteiger partial charge in [0.2, 0.25) is 5.91 Å². The zero-order valence-electron chi connectivity index (χ0n) is 13.2. The number of hydrogen-bond acceptors (Lipinski definition) is 4. The van der Waals surface area contributed by atoms with E-state index in [0.29, 0.717) is 13.1 Å². The van der Waals surface area contributed by atoms with Gasteiger partial charge in [-0.3, -0.25) is 9.78 Å². The molecule has 0 saturated carbocycles. The Morgan fingerprint density at radius 2 is 1.91 bits per heavy atom. The molecular formula is C18H24N4O. The molecule has 1 amide bonds. The molecule has 0 aliphatic carbocycles. The van der Waals surface area contributed by atoms with Gasteiger partial charge in [-0.25, -0.2) is 0 Å². The first-order chi connectivity index (χ1) is 11.2. The first kappa shape index (κ1) is 17.1. The lowest BCUT2D eigenvalue weighted by Crippen LogP contribution is -2.40. The zero-order chi connectivity index (χ0) is 16.5. The summed E-state index contributed by atoms with van der Waals surface area (Å²) in [6, 6.07) is 11.9. The fourth-order valence-corrected chi connectivity index (χ4v) is 2.43. The summed E-state index contributed by atoms with van der Waals surface area (Å²) >= 11 is 0. The van der Waals surface area contributed by atoms with Crippen LogP contribution in [0, 0.1) is 0 Å². The molecule has 0 saturated heterocycles. The number of nitrogens with zero attached hydrogens (tertiary/aromatic N) is 1. The molecule has 0 spiro atoms. The maximum absolute atomic E-state index is 11.5. The summed E-state index contributed by atoms with van der Waals surface area (Å²) < 4.78 is 0. The normalized spacial score (nSPS) is 12.0. The number of primary amides is 1. The van der Waals surface area contributed by atoms with Crippen molar-refractivity contribution in [2.24, 2.45) is 11.5 Å². The van der Waals surface area contributed by atoms with Gasteiger partial charge in [-0.2, -0.15) is 0 Å². The van der Waals surface area contributed by atoms with Gasteiger partial charge >= 0.3 is 0 Å². The fourth-order valence-electron chi connectivity index (χ4n) is 2.43. The number of pyridine rings is 1. The Balaban J connectivity index is 1.91. The minimum Gasteiger partial charge on any atom is -0.368 e. The van der Waals surface area contributed by atoms with E-state index >= 15 is 0 Å². The standard InChI is InChI=1S/C18H24N4O/c19-10-2-1-5-17(18(20)23)22-12-14-6-8-15(9-7-14)16-4-3-11-21-13-16/h3-4,6-9,11,13,17,22H,1-2,5,10,12,19H2,(H2,20,23)/t17-/m0/s1. The Labute approximate surface area is 137 Å². The van der Waals surface area contributed by atoms with Gasteiger partial charge in [0.15, 0.2) is 0 Å². The number of aromatic nitrogens is 1. The van der Waals surface area contributed by atoms with Crippen LogP contribution < -0.4 is 16.8 Å². The molecule has 2 aromatic rings. The molecule has 1 aromatic heterocycles. The highest BCUT2D eigenvalue weighted by molar-refractivity contribution is 5.79. The molecule has 5 nitrogen and oxygen atoms in total. The van der Waals surface area contributed by atoms with Crippen LogP contribution in [0.3, 0.4) is 0 Å². The van der Waals surface area contributed by atoms with Crippen molar-refractivity contribution in [3.8, 4) is 11.1 Å². The Kier molecular flexibility index (Phi) is 6.72. The third kappa shape index (κ3) is 5.47. The van der Waals surface area contributed by atoms with Crippen LogP contribution in [0.4, 0.5) is 0 Å². The Morgan fingerprint density at radius 1 is 1.13 bits per heavy atom. The summed E-state index contributed by atoms with van der Waals surface area (Å²) in [5.41, 5.74) is 14.2. The van der Waals surface area contributed by atoms with E-state index in [1.807, 2.05) is 30.5 Å². The van der Waals surface area contributed by atoms with Crippen LogP contribution in [0.2, 0.25) is 0 Å². The highest BCUT2D eigenvalue weighted by Gasteiger charge is 2.13. The monoisotopic (exact) mass is 312 g/mol. The first-order valence-electron chi connectivity index (χ1n) is 7.93. The molecule has 2 rings (SSSR count). The van der Waals surface area contributed by atoms with Crippen molar-refractivity contribution in [2.75, 3.05) is 6.54 Å². The average molecular weight is 312 g/mol. The van der Waals surface area contributed by atoms with Crippen molar-refractivity contribution >= 4 is 5.91 Å². The zero-order valence-corrected chi connectivity index (χ0v) is 13.2. The lowest BCUT2D eigenvalue weighted by Gasteiger charge is -2.15. The summed E-state index contributed by atoms with van der Waals surface area (Å²) in [5, 5.41) is 3.23. The molecule has 0 fully saturated rings. The van der Waals surface area contributed by atoms with Crippen molar-refractivity contribution in [3.63, 3.8) is 0 Å². The van der Waals surface area contributed by atoms with E-state index in [0.717, 1.165) is 36.0 Å². The van der Waals surface area contributed by atoms with Gasteiger partial charge < -0.3 is 16.8 Å². The number of nitrogens with two attached hydrogens (primary N) is 2. The molecule has 1 heterocycles. The van der Waals surface area contributed by atoms with E-state index in [4.69, 9.17) is 11.5 Å². The molecule has 0 bridgehead atoms. The van der Waals surface area contributed by atoms with Crippen molar-refractivity contribution in [3.05, 3.63) is 54.4 Å². The molecule has 5 N–H and O–H groups in total. The van der Waals surface area contributed by atoms with Gasteiger partial charge in [0.25, 0.3) is 0 Å². The minimum absolute atomic E-state index is 0.306. The van der Waals surface area contributed by atoms with Crippen molar-refractivity contribution < 1.29 is 4.79 Å². The smallest absolute Gasteiger partial charge is 0.234 e. The maximum Gasteiger partial charge on any atom is 0.234 e. The maximum atomic E-state index is 11.5. The number of carbonyl (C=O) groups is 1. The van der Waals surface area contributed by atoms with E-state index < -0.39 is 0 Å². The summed E-state index contributed by atoms with van der Waals surface area (Å²) in [5.74, 6) is -0.311. The minimum atomic E-state index is -0.311. The van der Waals surface area contributed by atoms with Crippen LogP contribution in [0.25, 0.3) is 11.1 Å². The van der Waals surface area contributed by atoms with Gasteiger partial charge in [-0.05, 0) is 42.1 Å². The predicted molar refractivity (Wildman–Crippen MR) is 92.4 cm³/mol. The first-order valence-corrected chi connectivity index (χ1v) is 7.93. The summed E-state index contributed by atoms with van der Waals surface area (Å²) in [7, 11) is 0. The second-order valence-electron chi connectivity index (χ2n) is 5.56. The summed E-state index contributed by atoms with van der Waals surface area (Å²) in [6.45, 7) is 1.25. The largest absolute Gasteiger partial charge is 0.368 e. The Hall–Kier alpha value is -2.24. The van der Waals surface area contributed by atoms with Crippen molar-refractivity contribution in [2.45, 2.75) is 31.8 Å². The number of rotatable bonds is 9.